The first kappa shape index (κ1) is 28.9. The Morgan fingerprint density at radius 1 is 1.05 bits per heavy atom. The summed E-state index contributed by atoms with van der Waals surface area (Å²) < 4.78 is 56.4. The van der Waals surface area contributed by atoms with Gasteiger partial charge in [-0.05, 0) is 68.2 Å². The second-order valence-corrected chi connectivity index (χ2v) is 11.4. The highest BCUT2D eigenvalue weighted by atomic mass is 19.4. The second kappa shape index (κ2) is 11.5. The molecule has 0 bridgehead atoms. The highest BCUT2D eigenvalue weighted by Crippen LogP contribution is 2.39. The van der Waals surface area contributed by atoms with Gasteiger partial charge in [0.15, 0.2) is 11.5 Å². The van der Waals surface area contributed by atoms with Gasteiger partial charge >= 0.3 is 12.1 Å². The number of benzene rings is 2. The third-order valence-electron chi connectivity index (χ3n) is 8.62. The van der Waals surface area contributed by atoms with Crippen LogP contribution in [-0.4, -0.2) is 43.2 Å². The minimum absolute atomic E-state index is 0.0177. The van der Waals surface area contributed by atoms with E-state index in [-0.39, 0.29) is 30.1 Å². The fourth-order valence-corrected chi connectivity index (χ4v) is 6.13. The predicted molar refractivity (Wildman–Crippen MR) is 154 cm³/mol. The predicted octanol–water partition coefficient (Wildman–Crippen LogP) is 7.06. The van der Waals surface area contributed by atoms with Gasteiger partial charge in [0, 0.05) is 12.6 Å². The molecule has 226 valence electrons. The normalized spacial score (nSPS) is 18.4. The maximum absolute atomic E-state index is 14.7. The summed E-state index contributed by atoms with van der Waals surface area (Å²) in [7, 11) is 0. The molecule has 1 saturated heterocycles. The number of piperidine rings is 1. The number of aromatic carboxylic acids is 1. The van der Waals surface area contributed by atoms with E-state index in [4.69, 9.17) is 4.98 Å². The van der Waals surface area contributed by atoms with Gasteiger partial charge in [-0.25, -0.2) is 19.2 Å². The summed E-state index contributed by atoms with van der Waals surface area (Å²) in [6, 6.07) is 12.8. The van der Waals surface area contributed by atoms with E-state index in [0.29, 0.717) is 29.5 Å². The van der Waals surface area contributed by atoms with Crippen LogP contribution in [0.1, 0.15) is 78.8 Å². The van der Waals surface area contributed by atoms with Crippen molar-refractivity contribution in [2.45, 2.75) is 70.3 Å². The number of hydrogen-bond donors (Lipinski definition) is 2. The van der Waals surface area contributed by atoms with Gasteiger partial charge in [0.05, 0.1) is 18.2 Å². The number of imidazole rings is 1. The largest absolute Gasteiger partial charge is 0.475 e. The van der Waals surface area contributed by atoms with Crippen molar-refractivity contribution in [2.24, 2.45) is 5.92 Å². The van der Waals surface area contributed by atoms with Crippen LogP contribution in [0, 0.1) is 11.7 Å². The third kappa shape index (κ3) is 5.74. The highest BCUT2D eigenvalue weighted by molar-refractivity contribution is 5.92. The lowest BCUT2D eigenvalue weighted by Crippen LogP contribution is -2.35. The van der Waals surface area contributed by atoms with Crippen molar-refractivity contribution in [1.29, 1.82) is 0 Å². The number of carbonyl (C=O) groups is 1. The maximum atomic E-state index is 14.7. The van der Waals surface area contributed by atoms with E-state index in [2.05, 4.69) is 20.2 Å². The minimum atomic E-state index is -4.82. The number of anilines is 2. The van der Waals surface area contributed by atoms with E-state index in [1.807, 2.05) is 37.3 Å². The van der Waals surface area contributed by atoms with Crippen LogP contribution >= 0.6 is 0 Å². The van der Waals surface area contributed by atoms with E-state index >= 15 is 0 Å². The molecule has 0 amide bonds. The molecule has 2 aromatic carbocycles. The standard InChI is InChI=1S/C31H32F4N6O2/c1-18(20-10-7-11-20)36-26-25-27(38-28(37-26)29(42)43)39-30(40-15-6-5-12-24(40)21-8-3-2-4-9-21)41(25)17-19-13-14-22(23(32)16-19)31(33,34)35/h2-4,8-9,13-14,16,18,20,24H,5-7,10-12,15,17H2,1H3,(H,42,43)(H,36,37,38). The number of rotatable bonds is 8. The van der Waals surface area contributed by atoms with Gasteiger partial charge in [-0.15, -0.1) is 0 Å². The molecule has 2 unspecified atom stereocenters. The Balaban J connectivity index is 1.52. The molecule has 0 spiro atoms. The molecule has 8 nitrogen and oxygen atoms in total. The molecule has 1 aliphatic heterocycles. The number of carboxylic acid groups (broad SMARTS) is 1. The molecular weight excluding hydrogens is 564 g/mol. The first-order valence-electron chi connectivity index (χ1n) is 14.6. The van der Waals surface area contributed by atoms with Crippen molar-refractivity contribution in [3.05, 3.63) is 76.9 Å². The van der Waals surface area contributed by atoms with Gasteiger partial charge in [0.2, 0.25) is 11.8 Å². The van der Waals surface area contributed by atoms with Crippen molar-refractivity contribution < 1.29 is 27.5 Å². The molecule has 4 aromatic rings. The number of aromatic nitrogens is 4. The average molecular weight is 597 g/mol. The first-order chi connectivity index (χ1) is 20.6. The third-order valence-corrected chi connectivity index (χ3v) is 8.62. The molecule has 1 aliphatic carbocycles. The number of hydrogen-bond acceptors (Lipinski definition) is 6. The SMILES string of the molecule is CC(Nc1nc(C(=O)O)nc2nc(N3CCCCC3c3ccccc3)n(Cc3ccc(C(F)(F)F)c(F)c3)c12)C1CCC1. The Morgan fingerprint density at radius 3 is 2.47 bits per heavy atom. The smallest absolute Gasteiger partial charge is 0.419 e. The maximum Gasteiger partial charge on any atom is 0.419 e. The van der Waals surface area contributed by atoms with Gasteiger partial charge in [0.25, 0.3) is 0 Å². The van der Waals surface area contributed by atoms with Gasteiger partial charge in [0.1, 0.15) is 11.3 Å². The molecule has 1 saturated carbocycles. The van der Waals surface area contributed by atoms with Crippen LogP contribution in [0.5, 0.6) is 0 Å². The lowest BCUT2D eigenvalue weighted by molar-refractivity contribution is -0.140. The molecule has 43 heavy (non-hydrogen) atoms. The van der Waals surface area contributed by atoms with Crippen LogP contribution in [0.4, 0.5) is 29.3 Å². The van der Waals surface area contributed by atoms with Gasteiger partial charge in [-0.2, -0.15) is 18.2 Å². The van der Waals surface area contributed by atoms with Crippen molar-refractivity contribution in [3.8, 4) is 0 Å². The van der Waals surface area contributed by atoms with Gasteiger partial charge in [-0.1, -0.05) is 42.8 Å². The Hall–Kier alpha value is -4.22. The van der Waals surface area contributed by atoms with Crippen LogP contribution in [0.2, 0.25) is 0 Å². The van der Waals surface area contributed by atoms with Crippen LogP contribution in [0.15, 0.2) is 48.5 Å². The quantitative estimate of drug-likeness (QED) is 0.210. The first-order valence-corrected chi connectivity index (χ1v) is 14.6. The summed E-state index contributed by atoms with van der Waals surface area (Å²) in [6.07, 6.45) is 1.10. The zero-order valence-electron chi connectivity index (χ0n) is 23.6. The molecule has 0 radical (unpaired) electrons. The Labute approximate surface area is 245 Å². The van der Waals surface area contributed by atoms with E-state index in [1.54, 1.807) is 4.57 Å². The topological polar surface area (TPSA) is 96.2 Å². The van der Waals surface area contributed by atoms with Crippen molar-refractivity contribution in [3.63, 3.8) is 0 Å². The summed E-state index contributed by atoms with van der Waals surface area (Å²) in [5, 5.41) is 13.2. The number of fused-ring (bicyclic) bond motifs is 1. The Morgan fingerprint density at radius 2 is 1.81 bits per heavy atom. The molecule has 6 rings (SSSR count). The fraction of sp³-hybridized carbons (Fsp3) is 0.419. The summed E-state index contributed by atoms with van der Waals surface area (Å²) in [5.41, 5.74) is 0.604. The summed E-state index contributed by atoms with van der Waals surface area (Å²) in [6.45, 7) is 2.63. The summed E-state index contributed by atoms with van der Waals surface area (Å²) in [4.78, 5) is 27.6. The molecule has 2 atom stereocenters. The number of nitrogens with zero attached hydrogens (tertiary/aromatic N) is 5. The molecule has 2 aliphatic rings. The monoisotopic (exact) mass is 596 g/mol. The highest BCUT2D eigenvalue weighted by Gasteiger charge is 2.35. The van der Waals surface area contributed by atoms with Crippen molar-refractivity contribution >= 4 is 28.9 Å². The zero-order chi connectivity index (χ0) is 30.3. The number of halogens is 4. The van der Waals surface area contributed by atoms with E-state index < -0.39 is 29.4 Å². The van der Waals surface area contributed by atoms with Crippen molar-refractivity contribution in [1.82, 2.24) is 19.5 Å². The number of nitrogens with one attached hydrogen (secondary N) is 1. The van der Waals surface area contributed by atoms with Crippen LogP contribution in [0.3, 0.4) is 0 Å². The average Bonchev–Trinajstić information content (AvgIpc) is 3.30. The van der Waals surface area contributed by atoms with Gasteiger partial charge < -0.3 is 19.9 Å². The zero-order valence-corrected chi connectivity index (χ0v) is 23.6. The lowest BCUT2D eigenvalue weighted by atomic mass is 9.80. The molecule has 2 aromatic heterocycles. The molecule has 12 heteroatoms. The van der Waals surface area contributed by atoms with E-state index in [1.165, 1.54) is 6.07 Å². The number of alkyl halides is 3. The Bertz CT molecular complexity index is 1640. The Kier molecular flexibility index (Phi) is 7.70. The molecule has 2 N–H and O–H groups in total. The lowest BCUT2D eigenvalue weighted by Gasteiger charge is -2.37. The van der Waals surface area contributed by atoms with E-state index in [9.17, 15) is 27.5 Å². The van der Waals surface area contributed by atoms with Crippen LogP contribution < -0.4 is 10.2 Å². The molecule has 2 fully saturated rings. The summed E-state index contributed by atoms with van der Waals surface area (Å²) >= 11 is 0. The summed E-state index contributed by atoms with van der Waals surface area (Å²) in [5.74, 6) is -1.94. The fourth-order valence-electron chi connectivity index (χ4n) is 6.13. The molecule has 3 heterocycles. The molecular formula is C31H32F4N6O2. The van der Waals surface area contributed by atoms with Crippen LogP contribution in [-0.2, 0) is 12.7 Å². The van der Waals surface area contributed by atoms with Gasteiger partial charge in [-0.3, -0.25) is 0 Å². The van der Waals surface area contributed by atoms with E-state index in [0.717, 1.165) is 56.2 Å². The number of carboxylic acids is 1. The van der Waals surface area contributed by atoms with Crippen molar-refractivity contribution in [2.75, 3.05) is 16.8 Å². The minimum Gasteiger partial charge on any atom is -0.475 e. The second-order valence-electron chi connectivity index (χ2n) is 11.4. The van der Waals surface area contributed by atoms with Crippen LogP contribution in [0.25, 0.3) is 11.2 Å².